The van der Waals surface area contributed by atoms with Crippen molar-refractivity contribution in [1.82, 2.24) is 10.9 Å². The third-order valence-electron chi connectivity index (χ3n) is 4.78. The number of allylic oxidation sites excluding steroid dienone is 2. The number of para-hydroxylation sites is 2. The molecule has 24 heavy (non-hydrogen) atoms. The maximum Gasteiger partial charge on any atom is 0.282 e. The molecule has 0 aromatic heterocycles. The molecule has 0 spiro atoms. The lowest BCUT2D eigenvalue weighted by molar-refractivity contribution is -0.131. The van der Waals surface area contributed by atoms with Crippen molar-refractivity contribution >= 4 is 5.91 Å². The lowest BCUT2D eigenvalue weighted by Gasteiger charge is -2.33. The van der Waals surface area contributed by atoms with Crippen molar-refractivity contribution in [2.45, 2.75) is 46.1 Å². The average molecular weight is 330 g/mol. The highest BCUT2D eigenvalue weighted by atomic mass is 16.6. The Bertz CT molecular complexity index is 634. The number of hydrazine groups is 1. The highest BCUT2D eigenvalue weighted by Gasteiger charge is 2.28. The molecule has 1 amide bonds. The molecule has 5 heteroatoms. The second-order valence-corrected chi connectivity index (χ2v) is 7.55. The number of hydrogen-bond acceptors (Lipinski definition) is 4. The first kappa shape index (κ1) is 16.7. The van der Waals surface area contributed by atoms with Gasteiger partial charge in [0.15, 0.2) is 11.5 Å². The fourth-order valence-electron chi connectivity index (χ4n) is 3.11. The number of carbonyl (C=O) groups is 1. The SMILES string of the molecule is CC(C)(C)[C@@H]1CC=C(NNC(=O)[C@H]2COc3ccccc3O2)CC1. The Hall–Kier alpha value is -2.17. The number of rotatable bonds is 3. The van der Waals surface area contributed by atoms with E-state index < -0.39 is 6.10 Å². The van der Waals surface area contributed by atoms with E-state index in [1.807, 2.05) is 18.2 Å². The van der Waals surface area contributed by atoms with Crippen LogP contribution in [0.1, 0.15) is 40.0 Å². The molecule has 2 N–H and O–H groups in total. The van der Waals surface area contributed by atoms with Crippen molar-refractivity contribution < 1.29 is 14.3 Å². The molecule has 0 radical (unpaired) electrons. The Morgan fingerprint density at radius 3 is 2.62 bits per heavy atom. The van der Waals surface area contributed by atoms with E-state index >= 15 is 0 Å². The summed E-state index contributed by atoms with van der Waals surface area (Å²) in [6.07, 6.45) is 4.67. The van der Waals surface area contributed by atoms with E-state index in [-0.39, 0.29) is 12.5 Å². The molecule has 0 unspecified atom stereocenters. The van der Waals surface area contributed by atoms with Gasteiger partial charge in [-0.2, -0.15) is 0 Å². The van der Waals surface area contributed by atoms with Gasteiger partial charge in [-0.1, -0.05) is 39.0 Å². The van der Waals surface area contributed by atoms with E-state index in [4.69, 9.17) is 9.47 Å². The van der Waals surface area contributed by atoms with Crippen LogP contribution >= 0.6 is 0 Å². The highest BCUT2D eigenvalue weighted by Crippen LogP contribution is 2.36. The van der Waals surface area contributed by atoms with E-state index in [0.29, 0.717) is 22.8 Å². The van der Waals surface area contributed by atoms with Gasteiger partial charge in [0, 0.05) is 5.70 Å². The molecule has 130 valence electrons. The first-order valence-corrected chi connectivity index (χ1v) is 8.57. The minimum Gasteiger partial charge on any atom is -0.485 e. The van der Waals surface area contributed by atoms with Gasteiger partial charge in [-0.3, -0.25) is 10.2 Å². The fraction of sp³-hybridized carbons (Fsp3) is 0.526. The second kappa shape index (κ2) is 6.75. The van der Waals surface area contributed by atoms with Crippen molar-refractivity contribution in [2.24, 2.45) is 11.3 Å². The summed E-state index contributed by atoms with van der Waals surface area (Å²) in [5.74, 6) is 1.75. The molecule has 2 atom stereocenters. The smallest absolute Gasteiger partial charge is 0.282 e. The summed E-state index contributed by atoms with van der Waals surface area (Å²) in [6, 6.07) is 7.38. The number of fused-ring (bicyclic) bond motifs is 1. The molecule has 1 heterocycles. The number of benzene rings is 1. The van der Waals surface area contributed by atoms with Crippen molar-refractivity contribution in [1.29, 1.82) is 0 Å². The predicted molar refractivity (Wildman–Crippen MR) is 92.5 cm³/mol. The molecule has 0 bridgehead atoms. The number of hydrogen-bond donors (Lipinski definition) is 2. The van der Waals surface area contributed by atoms with Gasteiger partial charge < -0.3 is 14.9 Å². The minimum absolute atomic E-state index is 0.218. The van der Waals surface area contributed by atoms with Crippen molar-refractivity contribution in [3.05, 3.63) is 36.0 Å². The fourth-order valence-corrected chi connectivity index (χ4v) is 3.11. The first-order chi connectivity index (χ1) is 11.4. The summed E-state index contributed by atoms with van der Waals surface area (Å²) in [6.45, 7) is 7.06. The van der Waals surface area contributed by atoms with Crippen LogP contribution in [0.4, 0.5) is 0 Å². The Kier molecular flexibility index (Phi) is 4.69. The number of carbonyl (C=O) groups excluding carboxylic acids is 1. The predicted octanol–water partition coefficient (Wildman–Crippen LogP) is 3.18. The Morgan fingerprint density at radius 1 is 1.21 bits per heavy atom. The molecular weight excluding hydrogens is 304 g/mol. The standard InChI is InChI=1S/C19H26N2O3/c1-19(2,3)13-8-10-14(11-9-13)20-21-18(22)17-12-23-15-6-4-5-7-16(15)24-17/h4-7,10,13,17,20H,8-9,11-12H2,1-3H3,(H,21,22)/t13-,17-/m1/s1. The summed E-state index contributed by atoms with van der Waals surface area (Å²) in [7, 11) is 0. The van der Waals surface area contributed by atoms with Crippen LogP contribution in [0.15, 0.2) is 36.0 Å². The molecular formula is C19H26N2O3. The van der Waals surface area contributed by atoms with Gasteiger partial charge >= 0.3 is 0 Å². The molecule has 1 aromatic carbocycles. The zero-order chi connectivity index (χ0) is 17.2. The van der Waals surface area contributed by atoms with Gasteiger partial charge in [-0.15, -0.1) is 0 Å². The molecule has 0 saturated heterocycles. The third-order valence-corrected chi connectivity index (χ3v) is 4.78. The third kappa shape index (κ3) is 3.83. The van der Waals surface area contributed by atoms with Gasteiger partial charge in [0.2, 0.25) is 6.10 Å². The van der Waals surface area contributed by atoms with Crippen LogP contribution in [0.3, 0.4) is 0 Å². The van der Waals surface area contributed by atoms with Crippen LogP contribution in [0.25, 0.3) is 0 Å². The normalized spacial score (nSPS) is 23.2. The average Bonchev–Trinajstić information content (AvgIpc) is 2.59. The summed E-state index contributed by atoms with van der Waals surface area (Å²) in [5.41, 5.74) is 7.18. The zero-order valence-corrected chi connectivity index (χ0v) is 14.6. The van der Waals surface area contributed by atoms with Gasteiger partial charge in [-0.25, -0.2) is 0 Å². The molecule has 1 aromatic rings. The maximum absolute atomic E-state index is 12.3. The number of ether oxygens (including phenoxy) is 2. The lowest BCUT2D eigenvalue weighted by Crippen LogP contribution is -2.49. The van der Waals surface area contributed by atoms with Gasteiger partial charge in [0.1, 0.15) is 6.61 Å². The van der Waals surface area contributed by atoms with E-state index in [9.17, 15) is 4.79 Å². The van der Waals surface area contributed by atoms with Gasteiger partial charge in [0.25, 0.3) is 5.91 Å². The molecule has 1 aliphatic heterocycles. The molecule has 0 fully saturated rings. The molecule has 2 aliphatic rings. The lowest BCUT2D eigenvalue weighted by atomic mass is 9.74. The van der Waals surface area contributed by atoms with Crippen LogP contribution in [0.5, 0.6) is 11.5 Å². The monoisotopic (exact) mass is 330 g/mol. The Labute approximate surface area is 143 Å². The van der Waals surface area contributed by atoms with Crippen LogP contribution in [-0.4, -0.2) is 18.6 Å². The highest BCUT2D eigenvalue weighted by molar-refractivity contribution is 5.81. The Morgan fingerprint density at radius 2 is 1.96 bits per heavy atom. The van der Waals surface area contributed by atoms with E-state index in [0.717, 1.165) is 25.0 Å². The summed E-state index contributed by atoms with van der Waals surface area (Å²) in [5, 5.41) is 0. The van der Waals surface area contributed by atoms with E-state index in [1.165, 1.54) is 0 Å². The molecule has 3 rings (SSSR count). The largest absolute Gasteiger partial charge is 0.485 e. The van der Waals surface area contributed by atoms with E-state index in [2.05, 4.69) is 37.7 Å². The quantitative estimate of drug-likeness (QED) is 0.836. The van der Waals surface area contributed by atoms with Crippen molar-refractivity contribution in [2.75, 3.05) is 6.61 Å². The van der Waals surface area contributed by atoms with Gasteiger partial charge in [-0.05, 0) is 42.7 Å². The summed E-state index contributed by atoms with van der Waals surface area (Å²) in [4.78, 5) is 12.3. The van der Waals surface area contributed by atoms with Crippen LogP contribution in [-0.2, 0) is 4.79 Å². The van der Waals surface area contributed by atoms with Crippen LogP contribution < -0.4 is 20.3 Å². The Balaban J connectivity index is 1.49. The maximum atomic E-state index is 12.3. The molecule has 5 nitrogen and oxygen atoms in total. The summed E-state index contributed by atoms with van der Waals surface area (Å²) >= 11 is 0. The van der Waals surface area contributed by atoms with Crippen LogP contribution in [0, 0.1) is 11.3 Å². The van der Waals surface area contributed by atoms with Crippen LogP contribution in [0.2, 0.25) is 0 Å². The molecule has 0 saturated carbocycles. The van der Waals surface area contributed by atoms with E-state index in [1.54, 1.807) is 6.07 Å². The second-order valence-electron chi connectivity index (χ2n) is 7.55. The van der Waals surface area contributed by atoms with Crippen molar-refractivity contribution in [3.8, 4) is 11.5 Å². The zero-order valence-electron chi connectivity index (χ0n) is 14.6. The molecule has 1 aliphatic carbocycles. The summed E-state index contributed by atoms with van der Waals surface area (Å²) < 4.78 is 11.3. The number of amides is 1. The number of nitrogens with one attached hydrogen (secondary N) is 2. The van der Waals surface area contributed by atoms with Crippen molar-refractivity contribution in [3.63, 3.8) is 0 Å². The minimum atomic E-state index is -0.640. The van der Waals surface area contributed by atoms with Gasteiger partial charge in [0.05, 0.1) is 0 Å². The topological polar surface area (TPSA) is 59.6 Å². The first-order valence-electron chi connectivity index (χ1n) is 8.57.